The number of ketones is 1. The zero-order valence-corrected chi connectivity index (χ0v) is 22.1. The number of amides is 2. The smallest absolute Gasteiger partial charge is 0.425 e. The SMILES string of the molecule is COc1ccc(C(=O)N[C@@]2(C(F)(F)F)C(=O)N(CC3CCCCC3)C(C)=C2C(=O)c2ccccc2)cc1OC. The highest BCUT2D eigenvalue weighted by molar-refractivity contribution is 6.19. The van der Waals surface area contributed by atoms with E-state index in [0.717, 1.165) is 37.0 Å². The molecule has 7 nitrogen and oxygen atoms in total. The predicted octanol–water partition coefficient (Wildman–Crippen LogP) is 5.31. The summed E-state index contributed by atoms with van der Waals surface area (Å²) in [5.74, 6) is -3.16. The third kappa shape index (κ3) is 5.12. The van der Waals surface area contributed by atoms with Crippen molar-refractivity contribution in [1.29, 1.82) is 0 Å². The number of allylic oxidation sites excluding steroid dienone is 1. The average Bonchev–Trinajstić information content (AvgIpc) is 3.15. The molecule has 39 heavy (non-hydrogen) atoms. The average molecular weight is 545 g/mol. The van der Waals surface area contributed by atoms with Gasteiger partial charge in [0.25, 0.3) is 11.8 Å². The summed E-state index contributed by atoms with van der Waals surface area (Å²) in [7, 11) is 2.70. The lowest BCUT2D eigenvalue weighted by molar-refractivity contribution is -0.189. The molecule has 4 rings (SSSR count). The van der Waals surface area contributed by atoms with E-state index in [4.69, 9.17) is 9.47 Å². The molecule has 2 amide bonds. The summed E-state index contributed by atoms with van der Waals surface area (Å²) in [6.07, 6.45) is -0.896. The predicted molar refractivity (Wildman–Crippen MR) is 138 cm³/mol. The number of carbonyl (C=O) groups excluding carboxylic acids is 3. The molecule has 0 radical (unpaired) electrons. The number of halogens is 3. The molecule has 2 aromatic rings. The van der Waals surface area contributed by atoms with Crippen molar-refractivity contribution in [3.63, 3.8) is 0 Å². The Bertz CT molecular complexity index is 1290. The number of alkyl halides is 3. The zero-order chi connectivity index (χ0) is 28.4. The first-order valence-corrected chi connectivity index (χ1v) is 12.8. The maximum absolute atomic E-state index is 15.2. The van der Waals surface area contributed by atoms with Crippen molar-refractivity contribution in [2.45, 2.75) is 50.7 Å². The Balaban J connectivity index is 1.83. The van der Waals surface area contributed by atoms with Gasteiger partial charge in [0.05, 0.1) is 19.8 Å². The molecule has 1 aliphatic heterocycles. The first kappa shape index (κ1) is 28.2. The minimum absolute atomic E-state index is 0.00341. The topological polar surface area (TPSA) is 84.9 Å². The third-order valence-corrected chi connectivity index (χ3v) is 7.51. The van der Waals surface area contributed by atoms with E-state index < -0.39 is 34.9 Å². The summed E-state index contributed by atoms with van der Waals surface area (Å²) in [5, 5.41) is 1.96. The van der Waals surface area contributed by atoms with E-state index in [1.54, 1.807) is 6.07 Å². The molecule has 2 aliphatic rings. The molecule has 1 fully saturated rings. The van der Waals surface area contributed by atoms with Gasteiger partial charge in [0.1, 0.15) is 0 Å². The standard InChI is InChI=1S/C29H31F3N2O5/c1-18-24(25(35)20-12-8-5-9-13-20)28(29(30,31)32,27(37)34(18)17-19-10-6-4-7-11-19)33-26(36)21-14-15-22(38-2)23(16-21)39-3/h5,8-9,12-16,19H,4,6-7,10-11,17H2,1-3H3,(H,33,36)/t28-/m1/s1. The molecule has 1 N–H and O–H groups in total. The maximum atomic E-state index is 15.2. The number of hydrogen-bond acceptors (Lipinski definition) is 5. The Hall–Kier alpha value is -3.82. The number of Topliss-reactive ketones (excluding diaryl/α,β-unsaturated/α-hetero) is 1. The van der Waals surface area contributed by atoms with Crippen LogP contribution in [-0.4, -0.2) is 55.0 Å². The molecule has 0 aromatic heterocycles. The van der Waals surface area contributed by atoms with Gasteiger partial charge in [-0.05, 0) is 43.9 Å². The van der Waals surface area contributed by atoms with Crippen LogP contribution in [0, 0.1) is 5.92 Å². The molecule has 208 valence electrons. The Kier molecular flexibility index (Phi) is 8.04. The second-order valence-corrected chi connectivity index (χ2v) is 9.85. The van der Waals surface area contributed by atoms with Crippen molar-refractivity contribution < 1.29 is 37.0 Å². The van der Waals surface area contributed by atoms with Crippen molar-refractivity contribution in [2.24, 2.45) is 5.92 Å². The van der Waals surface area contributed by atoms with E-state index >= 15 is 13.2 Å². The lowest BCUT2D eigenvalue weighted by atomic mass is 9.84. The molecule has 0 saturated heterocycles. The van der Waals surface area contributed by atoms with E-state index in [-0.39, 0.29) is 40.8 Å². The van der Waals surface area contributed by atoms with E-state index in [1.807, 2.05) is 5.32 Å². The summed E-state index contributed by atoms with van der Waals surface area (Å²) < 4.78 is 55.8. The van der Waals surface area contributed by atoms with Crippen LogP contribution in [0.2, 0.25) is 0 Å². The van der Waals surface area contributed by atoms with Crippen LogP contribution in [0.4, 0.5) is 13.2 Å². The monoisotopic (exact) mass is 544 g/mol. The van der Waals surface area contributed by atoms with E-state index in [2.05, 4.69) is 0 Å². The lowest BCUT2D eigenvalue weighted by Gasteiger charge is -2.34. The fourth-order valence-corrected chi connectivity index (χ4v) is 5.45. The number of ether oxygens (including phenoxy) is 2. The van der Waals surface area contributed by atoms with Gasteiger partial charge in [0.2, 0.25) is 5.54 Å². The lowest BCUT2D eigenvalue weighted by Crippen LogP contribution is -2.66. The van der Waals surface area contributed by atoms with Crippen LogP contribution in [0.3, 0.4) is 0 Å². The van der Waals surface area contributed by atoms with Gasteiger partial charge < -0.3 is 19.7 Å². The molecule has 0 bridgehead atoms. The van der Waals surface area contributed by atoms with Gasteiger partial charge in [-0.1, -0.05) is 49.6 Å². The van der Waals surface area contributed by atoms with Gasteiger partial charge in [-0.25, -0.2) is 0 Å². The highest BCUT2D eigenvalue weighted by Crippen LogP contribution is 2.47. The summed E-state index contributed by atoms with van der Waals surface area (Å²) in [6, 6.07) is 11.3. The van der Waals surface area contributed by atoms with Gasteiger partial charge in [-0.2, -0.15) is 13.2 Å². The Morgan fingerprint density at radius 3 is 2.21 bits per heavy atom. The van der Waals surface area contributed by atoms with Crippen molar-refractivity contribution in [3.05, 3.63) is 70.9 Å². The van der Waals surface area contributed by atoms with E-state index in [9.17, 15) is 14.4 Å². The van der Waals surface area contributed by atoms with Crippen LogP contribution in [-0.2, 0) is 4.79 Å². The van der Waals surface area contributed by atoms with Gasteiger partial charge >= 0.3 is 6.18 Å². The molecule has 1 heterocycles. The van der Waals surface area contributed by atoms with Crippen LogP contribution in [0.5, 0.6) is 11.5 Å². The summed E-state index contributed by atoms with van der Waals surface area (Å²) >= 11 is 0. The van der Waals surface area contributed by atoms with E-state index in [0.29, 0.717) is 0 Å². The minimum Gasteiger partial charge on any atom is -0.493 e. The number of methoxy groups -OCH3 is 2. The van der Waals surface area contributed by atoms with Crippen molar-refractivity contribution >= 4 is 17.6 Å². The van der Waals surface area contributed by atoms with Crippen LogP contribution in [0.1, 0.15) is 59.7 Å². The molecule has 10 heteroatoms. The summed E-state index contributed by atoms with van der Waals surface area (Å²) in [4.78, 5) is 41.9. The molecular formula is C29H31F3N2O5. The molecule has 0 spiro atoms. The van der Waals surface area contributed by atoms with Gasteiger partial charge in [-0.15, -0.1) is 0 Å². The Morgan fingerprint density at radius 1 is 0.974 bits per heavy atom. The third-order valence-electron chi connectivity index (χ3n) is 7.51. The van der Waals surface area contributed by atoms with Crippen LogP contribution < -0.4 is 14.8 Å². The number of rotatable bonds is 8. The van der Waals surface area contributed by atoms with Gasteiger partial charge in [-0.3, -0.25) is 14.4 Å². The maximum Gasteiger partial charge on any atom is 0.425 e. The van der Waals surface area contributed by atoms with Gasteiger partial charge in [0.15, 0.2) is 17.3 Å². The Morgan fingerprint density at radius 2 is 1.62 bits per heavy atom. The van der Waals surface area contributed by atoms with E-state index in [1.165, 1.54) is 63.6 Å². The molecule has 2 aromatic carbocycles. The molecule has 1 aliphatic carbocycles. The first-order valence-electron chi connectivity index (χ1n) is 12.8. The number of nitrogens with one attached hydrogen (secondary N) is 1. The number of nitrogens with zero attached hydrogens (tertiary/aromatic N) is 1. The quantitative estimate of drug-likeness (QED) is 0.455. The van der Waals surface area contributed by atoms with Crippen molar-refractivity contribution in [2.75, 3.05) is 20.8 Å². The van der Waals surface area contributed by atoms with Crippen LogP contribution in [0.15, 0.2) is 59.8 Å². The van der Waals surface area contributed by atoms with Gasteiger partial charge in [0, 0.05) is 23.4 Å². The largest absolute Gasteiger partial charge is 0.493 e. The second kappa shape index (κ2) is 11.1. The molecule has 1 atom stereocenters. The molecular weight excluding hydrogens is 513 g/mol. The fraction of sp³-hybridized carbons (Fsp3) is 0.414. The summed E-state index contributed by atoms with van der Waals surface area (Å²) in [6.45, 7) is 1.38. The van der Waals surface area contributed by atoms with Crippen molar-refractivity contribution in [1.82, 2.24) is 10.2 Å². The molecule has 0 unspecified atom stereocenters. The zero-order valence-electron chi connectivity index (χ0n) is 22.1. The Labute approximate surface area is 225 Å². The minimum atomic E-state index is -5.32. The number of hydrogen-bond donors (Lipinski definition) is 1. The fourth-order valence-electron chi connectivity index (χ4n) is 5.45. The highest BCUT2D eigenvalue weighted by atomic mass is 19.4. The highest BCUT2D eigenvalue weighted by Gasteiger charge is 2.70. The number of carbonyl (C=O) groups is 3. The summed E-state index contributed by atoms with van der Waals surface area (Å²) in [5.41, 5.74) is -4.68. The van der Waals surface area contributed by atoms with Crippen LogP contribution >= 0.6 is 0 Å². The first-order chi connectivity index (χ1) is 18.5. The van der Waals surface area contributed by atoms with Crippen molar-refractivity contribution in [3.8, 4) is 11.5 Å². The van der Waals surface area contributed by atoms with Crippen LogP contribution in [0.25, 0.3) is 0 Å². The second-order valence-electron chi connectivity index (χ2n) is 9.85. The molecule has 1 saturated carbocycles. The normalized spacial score (nSPS) is 20.3. The number of benzene rings is 2.